The van der Waals surface area contributed by atoms with Crippen LogP contribution in [0.3, 0.4) is 0 Å². The molecule has 1 aromatic heterocycles. The zero-order valence-electron chi connectivity index (χ0n) is 23.3. The minimum Gasteiger partial charge on any atom is -0.455 e. The molecule has 4 aromatic rings. The van der Waals surface area contributed by atoms with Gasteiger partial charge in [-0.15, -0.1) is 0 Å². The monoisotopic (exact) mass is 577 g/mol. The van der Waals surface area contributed by atoms with Crippen LogP contribution in [0.2, 0.25) is 0 Å². The van der Waals surface area contributed by atoms with E-state index in [1.165, 1.54) is 31.3 Å². The highest BCUT2D eigenvalue weighted by Gasteiger charge is 2.38. The quantitative estimate of drug-likeness (QED) is 0.295. The van der Waals surface area contributed by atoms with Gasteiger partial charge in [0.1, 0.15) is 28.7 Å². The van der Waals surface area contributed by atoms with E-state index in [0.29, 0.717) is 34.8 Å². The molecule has 1 saturated carbocycles. The van der Waals surface area contributed by atoms with Crippen LogP contribution >= 0.6 is 0 Å². The van der Waals surface area contributed by atoms with Gasteiger partial charge >= 0.3 is 0 Å². The number of hydrogen-bond acceptors (Lipinski definition) is 6. The number of carbonyl (C=O) groups is 2. The number of nitrogens with zero attached hydrogens (tertiary/aromatic N) is 4. The minimum absolute atomic E-state index is 0.00106. The van der Waals surface area contributed by atoms with Crippen LogP contribution in [-0.2, 0) is 0 Å². The van der Waals surface area contributed by atoms with Gasteiger partial charge in [-0.25, -0.2) is 18.8 Å². The summed E-state index contributed by atoms with van der Waals surface area (Å²) in [6, 6.07) is 13.7. The van der Waals surface area contributed by atoms with Gasteiger partial charge in [0, 0.05) is 42.4 Å². The SMILES string of the molecule is CNC(=O)c1c(-c2ccc(F)cc2)oc2ccc(-c3cc(C(=O)N(C4=NC5=CN=CCC5=N4)C4CC4)ccc3C)c(F)c12. The number of halogens is 2. The first-order valence-electron chi connectivity index (χ1n) is 13.9. The van der Waals surface area contributed by atoms with E-state index in [1.807, 2.05) is 6.92 Å². The summed E-state index contributed by atoms with van der Waals surface area (Å²) >= 11 is 0. The van der Waals surface area contributed by atoms with Crippen molar-refractivity contribution in [2.45, 2.75) is 32.2 Å². The lowest BCUT2D eigenvalue weighted by atomic mass is 9.94. The number of nitrogens with one attached hydrogen (secondary N) is 1. The molecule has 0 spiro atoms. The fourth-order valence-corrected chi connectivity index (χ4v) is 5.44. The van der Waals surface area contributed by atoms with E-state index in [0.717, 1.165) is 24.1 Å². The lowest BCUT2D eigenvalue weighted by molar-refractivity contribution is 0.0838. The highest BCUT2D eigenvalue weighted by molar-refractivity contribution is 6.20. The van der Waals surface area contributed by atoms with Crippen molar-refractivity contribution in [1.82, 2.24) is 10.2 Å². The zero-order chi connectivity index (χ0) is 29.8. The Labute approximate surface area is 245 Å². The summed E-state index contributed by atoms with van der Waals surface area (Å²) < 4.78 is 36.0. The van der Waals surface area contributed by atoms with Crippen molar-refractivity contribution in [2.24, 2.45) is 15.0 Å². The summed E-state index contributed by atoms with van der Waals surface area (Å²) in [7, 11) is 1.44. The molecule has 3 aromatic carbocycles. The first-order valence-corrected chi connectivity index (χ1v) is 13.9. The van der Waals surface area contributed by atoms with E-state index in [9.17, 15) is 14.0 Å². The Morgan fingerprint density at radius 3 is 2.51 bits per heavy atom. The van der Waals surface area contributed by atoms with E-state index in [2.05, 4.69) is 20.3 Å². The second kappa shape index (κ2) is 10.2. The maximum absolute atomic E-state index is 16.5. The Balaban J connectivity index is 1.32. The van der Waals surface area contributed by atoms with Crippen molar-refractivity contribution in [3.8, 4) is 22.5 Å². The lowest BCUT2D eigenvalue weighted by Crippen LogP contribution is -2.37. The maximum Gasteiger partial charge on any atom is 0.260 e. The summed E-state index contributed by atoms with van der Waals surface area (Å²) in [6.45, 7) is 1.83. The second-order valence-electron chi connectivity index (χ2n) is 10.6. The fourth-order valence-electron chi connectivity index (χ4n) is 5.44. The van der Waals surface area contributed by atoms with Gasteiger partial charge < -0.3 is 9.73 Å². The number of hydrogen-bond donors (Lipinski definition) is 1. The summed E-state index contributed by atoms with van der Waals surface area (Å²) in [5, 5.41) is 2.55. The molecule has 214 valence electrons. The Kier molecular flexibility index (Phi) is 6.34. The Bertz CT molecular complexity index is 1970. The third kappa shape index (κ3) is 4.55. The van der Waals surface area contributed by atoms with Crippen LogP contribution in [0.4, 0.5) is 8.78 Å². The number of carbonyl (C=O) groups excluding carboxylic acids is 2. The van der Waals surface area contributed by atoms with Crippen LogP contribution in [0.25, 0.3) is 33.4 Å². The second-order valence-corrected chi connectivity index (χ2v) is 10.6. The molecule has 7 rings (SSSR count). The smallest absolute Gasteiger partial charge is 0.260 e. The third-order valence-electron chi connectivity index (χ3n) is 7.81. The largest absolute Gasteiger partial charge is 0.455 e. The van der Waals surface area contributed by atoms with Crippen molar-refractivity contribution < 1.29 is 22.8 Å². The molecule has 0 bridgehead atoms. The number of aryl methyl sites for hydroxylation is 1. The van der Waals surface area contributed by atoms with Crippen LogP contribution in [-0.4, -0.2) is 47.7 Å². The molecule has 0 radical (unpaired) electrons. The van der Waals surface area contributed by atoms with E-state index in [1.54, 1.807) is 47.6 Å². The molecule has 10 heteroatoms. The third-order valence-corrected chi connectivity index (χ3v) is 7.81. The van der Waals surface area contributed by atoms with Gasteiger partial charge in [-0.05, 0) is 79.4 Å². The van der Waals surface area contributed by atoms with Crippen LogP contribution in [0.15, 0.2) is 85.9 Å². The zero-order valence-corrected chi connectivity index (χ0v) is 23.3. The molecule has 43 heavy (non-hydrogen) atoms. The fraction of sp³-hybridized carbons (Fsp3) is 0.182. The Hall–Kier alpha value is -5.25. The van der Waals surface area contributed by atoms with Crippen molar-refractivity contribution in [3.63, 3.8) is 0 Å². The first kappa shape index (κ1) is 26.6. The van der Waals surface area contributed by atoms with Gasteiger partial charge in [0.2, 0.25) is 5.96 Å². The van der Waals surface area contributed by atoms with Gasteiger partial charge in [-0.3, -0.25) is 19.5 Å². The number of guanidine groups is 1. The highest BCUT2D eigenvalue weighted by atomic mass is 19.1. The number of aliphatic imine (C=N–C) groups is 3. The molecule has 1 fully saturated rings. The van der Waals surface area contributed by atoms with E-state index in [4.69, 9.17) is 4.42 Å². The number of amides is 2. The molecule has 0 atom stereocenters. The predicted molar refractivity (Wildman–Crippen MR) is 160 cm³/mol. The predicted octanol–water partition coefficient (Wildman–Crippen LogP) is 6.44. The minimum atomic E-state index is -0.664. The summed E-state index contributed by atoms with van der Waals surface area (Å²) in [5.41, 5.74) is 3.84. The normalized spacial score (nSPS) is 15.6. The summed E-state index contributed by atoms with van der Waals surface area (Å²) in [5.74, 6) is -1.46. The standard InChI is InChI=1S/C33H25F2N5O3/c1-17-3-4-19(32(42)40(21-9-10-21)33-38-24-13-14-37-16-25(24)39-33)15-23(17)22-11-12-26-27(29(22)35)28(31(41)36-2)30(43-26)18-5-7-20(34)8-6-18/h3-8,11-12,14-16,21H,9-10,13H2,1-2H3,(H,36,41). The molecule has 3 heterocycles. The van der Waals surface area contributed by atoms with Crippen molar-refractivity contribution in [1.29, 1.82) is 0 Å². The Morgan fingerprint density at radius 2 is 1.79 bits per heavy atom. The number of benzene rings is 3. The molecule has 1 aliphatic carbocycles. The van der Waals surface area contributed by atoms with Crippen molar-refractivity contribution >= 4 is 40.7 Å². The van der Waals surface area contributed by atoms with E-state index >= 15 is 4.39 Å². The molecule has 8 nitrogen and oxygen atoms in total. The van der Waals surface area contributed by atoms with Crippen molar-refractivity contribution in [2.75, 3.05) is 7.05 Å². The highest BCUT2D eigenvalue weighted by Crippen LogP contribution is 2.40. The molecule has 2 amide bonds. The van der Waals surface area contributed by atoms with Gasteiger partial charge in [0.25, 0.3) is 11.8 Å². The number of furan rings is 1. The summed E-state index contributed by atoms with van der Waals surface area (Å²) in [6.07, 6.45) is 5.62. The summed E-state index contributed by atoms with van der Waals surface area (Å²) in [4.78, 5) is 41.9. The number of fused-ring (bicyclic) bond motifs is 2. The van der Waals surface area contributed by atoms with Crippen LogP contribution in [0, 0.1) is 18.6 Å². The van der Waals surface area contributed by atoms with E-state index < -0.39 is 17.5 Å². The lowest BCUT2D eigenvalue weighted by Gasteiger charge is -2.21. The van der Waals surface area contributed by atoms with Crippen LogP contribution < -0.4 is 5.32 Å². The van der Waals surface area contributed by atoms with Crippen LogP contribution in [0.5, 0.6) is 0 Å². The average Bonchev–Trinajstić information content (AvgIpc) is 3.62. The van der Waals surface area contributed by atoms with Gasteiger partial charge in [-0.2, -0.15) is 0 Å². The first-order chi connectivity index (χ1) is 20.8. The molecule has 2 aliphatic heterocycles. The Morgan fingerprint density at radius 1 is 1.00 bits per heavy atom. The van der Waals surface area contributed by atoms with Gasteiger partial charge in [-0.1, -0.05) is 6.07 Å². The topological polar surface area (TPSA) is 99.6 Å². The molecule has 1 N–H and O–H groups in total. The molecule has 3 aliphatic rings. The molecule has 0 unspecified atom stereocenters. The van der Waals surface area contributed by atoms with Crippen LogP contribution in [0.1, 0.15) is 45.5 Å². The van der Waals surface area contributed by atoms with Gasteiger partial charge in [0.15, 0.2) is 0 Å². The van der Waals surface area contributed by atoms with Gasteiger partial charge in [0.05, 0.1) is 22.9 Å². The number of allylic oxidation sites excluding steroid dienone is 1. The van der Waals surface area contributed by atoms with E-state index in [-0.39, 0.29) is 39.8 Å². The molecule has 0 saturated heterocycles. The number of rotatable bonds is 5. The molecular formula is C33H25F2N5O3. The maximum atomic E-state index is 16.5. The average molecular weight is 578 g/mol. The molecular weight excluding hydrogens is 552 g/mol. The van der Waals surface area contributed by atoms with Crippen molar-refractivity contribution in [3.05, 3.63) is 94.8 Å².